The van der Waals surface area contributed by atoms with Crippen molar-refractivity contribution >= 4 is 17.1 Å². The molecule has 0 saturated carbocycles. The van der Waals surface area contributed by atoms with Crippen molar-refractivity contribution in [2.75, 3.05) is 19.7 Å². The molecule has 0 radical (unpaired) electrons. The van der Waals surface area contributed by atoms with Crippen LogP contribution in [0.3, 0.4) is 0 Å². The average molecular weight is 485 g/mol. The average Bonchev–Trinajstić information content (AvgIpc) is 3.14. The van der Waals surface area contributed by atoms with Crippen molar-refractivity contribution in [2.45, 2.75) is 38.8 Å². The van der Waals surface area contributed by atoms with Crippen molar-refractivity contribution in [2.24, 2.45) is 0 Å². The Bertz CT molecular complexity index is 1430. The van der Waals surface area contributed by atoms with E-state index in [0.717, 1.165) is 58.6 Å². The summed E-state index contributed by atoms with van der Waals surface area (Å²) in [7, 11) is 0. The van der Waals surface area contributed by atoms with Crippen LogP contribution in [0.25, 0.3) is 22.2 Å². The normalized spacial score (nSPS) is 18.0. The minimum absolute atomic E-state index is 0.0563. The highest BCUT2D eigenvalue weighted by atomic mass is 19.1. The van der Waals surface area contributed by atoms with Gasteiger partial charge in [0, 0.05) is 17.7 Å². The number of ether oxygens (including phenoxy) is 1. The number of piperidine rings is 1. The van der Waals surface area contributed by atoms with Gasteiger partial charge in [0.15, 0.2) is 0 Å². The number of aromatic amines is 1. The minimum atomic E-state index is -0.249. The van der Waals surface area contributed by atoms with Crippen LogP contribution in [0.4, 0.5) is 9.18 Å². The Hall–Kier alpha value is -3.87. The molecule has 0 bridgehead atoms. The zero-order chi connectivity index (χ0) is 24.6. The van der Waals surface area contributed by atoms with Gasteiger partial charge in [-0.2, -0.15) is 0 Å². The summed E-state index contributed by atoms with van der Waals surface area (Å²) in [6.45, 7) is 3.95. The molecule has 1 saturated heterocycles. The number of likely N-dealkylation sites (tertiary alicyclic amines) is 1. The highest BCUT2D eigenvalue weighted by Gasteiger charge is 2.33. The predicted molar refractivity (Wildman–Crippen MR) is 137 cm³/mol. The molecule has 2 amide bonds. The van der Waals surface area contributed by atoms with Crippen molar-refractivity contribution < 1.29 is 13.9 Å². The Balaban J connectivity index is 1.28. The van der Waals surface area contributed by atoms with Crippen molar-refractivity contribution in [3.63, 3.8) is 0 Å². The lowest BCUT2D eigenvalue weighted by Gasteiger charge is -2.39. The molecule has 1 unspecified atom stereocenters. The monoisotopic (exact) mass is 484 g/mol. The number of fused-ring (bicyclic) bond motifs is 2. The molecule has 3 heterocycles. The lowest BCUT2D eigenvalue weighted by molar-refractivity contribution is 0.109. The molecule has 7 heteroatoms. The summed E-state index contributed by atoms with van der Waals surface area (Å²) in [4.78, 5) is 25.3. The van der Waals surface area contributed by atoms with E-state index in [0.29, 0.717) is 31.8 Å². The minimum Gasteiger partial charge on any atom is -0.491 e. The van der Waals surface area contributed by atoms with Crippen LogP contribution in [0.2, 0.25) is 0 Å². The first-order valence-electron chi connectivity index (χ1n) is 12.6. The number of imidazole rings is 1. The van der Waals surface area contributed by atoms with E-state index in [2.05, 4.69) is 34.2 Å². The predicted octanol–water partition coefficient (Wildman–Crippen LogP) is 6.22. The summed E-state index contributed by atoms with van der Waals surface area (Å²) in [5.41, 5.74) is 5.64. The molecule has 6 rings (SSSR count). The second-order valence-corrected chi connectivity index (χ2v) is 9.66. The number of hydrogen-bond donors (Lipinski definition) is 1. The standard InChI is InChI=1S/C29H29FN4O2/c1-19-31-25-11-9-21(17-26(25)32-19)20-10-12-28-22(16-20)18-33(14-15-36-28)29(35)34-13-5-4-8-27(34)23-6-2-3-7-24(23)30/h2-3,6-7,9-12,16-17,27H,4-5,8,13-15,18H2,1H3,(H,31,32). The molecule has 0 spiro atoms. The molecule has 4 aromatic rings. The van der Waals surface area contributed by atoms with Crippen LogP contribution in [0.5, 0.6) is 5.75 Å². The van der Waals surface area contributed by atoms with Crippen LogP contribution in [-0.2, 0) is 6.54 Å². The number of aryl methyl sites for hydroxylation is 1. The number of hydrogen-bond acceptors (Lipinski definition) is 3. The molecule has 1 aromatic heterocycles. The van der Waals surface area contributed by atoms with E-state index in [-0.39, 0.29) is 17.9 Å². The maximum Gasteiger partial charge on any atom is 0.320 e. The summed E-state index contributed by atoms with van der Waals surface area (Å²) in [5, 5.41) is 0. The Morgan fingerprint density at radius 2 is 1.89 bits per heavy atom. The van der Waals surface area contributed by atoms with E-state index in [1.807, 2.05) is 34.9 Å². The molecule has 3 aromatic carbocycles. The molecule has 0 aliphatic carbocycles. The number of amides is 2. The second kappa shape index (κ2) is 9.30. The van der Waals surface area contributed by atoms with Gasteiger partial charge in [-0.15, -0.1) is 0 Å². The third-order valence-electron chi connectivity index (χ3n) is 7.26. The third kappa shape index (κ3) is 4.19. The molecule has 184 valence electrons. The van der Waals surface area contributed by atoms with Gasteiger partial charge in [0.2, 0.25) is 0 Å². The van der Waals surface area contributed by atoms with Crippen LogP contribution < -0.4 is 4.74 Å². The Morgan fingerprint density at radius 1 is 1.06 bits per heavy atom. The van der Waals surface area contributed by atoms with E-state index in [1.54, 1.807) is 12.1 Å². The number of aromatic nitrogens is 2. The molecular weight excluding hydrogens is 455 g/mol. The van der Waals surface area contributed by atoms with Gasteiger partial charge in [-0.1, -0.05) is 30.3 Å². The number of H-pyrrole nitrogens is 1. The van der Waals surface area contributed by atoms with Gasteiger partial charge in [0.1, 0.15) is 24.0 Å². The molecule has 2 aliphatic heterocycles. The van der Waals surface area contributed by atoms with E-state index in [1.165, 1.54) is 6.07 Å². The lowest BCUT2D eigenvalue weighted by atomic mass is 9.95. The highest BCUT2D eigenvalue weighted by Crippen LogP contribution is 2.35. The highest BCUT2D eigenvalue weighted by molar-refractivity contribution is 5.82. The van der Waals surface area contributed by atoms with E-state index >= 15 is 0 Å². The zero-order valence-electron chi connectivity index (χ0n) is 20.3. The fraction of sp³-hybridized carbons (Fsp3) is 0.310. The smallest absolute Gasteiger partial charge is 0.320 e. The number of nitrogens with zero attached hydrogens (tertiary/aromatic N) is 3. The van der Waals surface area contributed by atoms with Gasteiger partial charge in [-0.25, -0.2) is 14.2 Å². The third-order valence-corrected chi connectivity index (χ3v) is 7.26. The van der Waals surface area contributed by atoms with Crippen molar-refractivity contribution in [1.82, 2.24) is 19.8 Å². The number of benzene rings is 3. The molecular formula is C29H29FN4O2. The van der Waals surface area contributed by atoms with Gasteiger partial charge in [-0.05, 0) is 67.6 Å². The number of carbonyl (C=O) groups is 1. The fourth-order valence-corrected chi connectivity index (χ4v) is 5.46. The van der Waals surface area contributed by atoms with Crippen molar-refractivity contribution in [1.29, 1.82) is 0 Å². The van der Waals surface area contributed by atoms with Crippen LogP contribution >= 0.6 is 0 Å². The first-order valence-corrected chi connectivity index (χ1v) is 12.6. The van der Waals surface area contributed by atoms with E-state index in [4.69, 9.17) is 4.74 Å². The molecule has 1 atom stereocenters. The Morgan fingerprint density at radius 3 is 2.78 bits per heavy atom. The topological polar surface area (TPSA) is 61.5 Å². The number of halogens is 1. The number of urea groups is 1. The summed E-state index contributed by atoms with van der Waals surface area (Å²) < 4.78 is 20.7. The van der Waals surface area contributed by atoms with Gasteiger partial charge in [0.25, 0.3) is 0 Å². The quantitative estimate of drug-likeness (QED) is 0.367. The van der Waals surface area contributed by atoms with Crippen LogP contribution in [-0.4, -0.2) is 45.5 Å². The summed E-state index contributed by atoms with van der Waals surface area (Å²) in [6, 6.07) is 18.9. The Kier molecular flexibility index (Phi) is 5.83. The lowest BCUT2D eigenvalue weighted by Crippen LogP contribution is -2.47. The van der Waals surface area contributed by atoms with Crippen molar-refractivity contribution in [3.8, 4) is 16.9 Å². The fourth-order valence-electron chi connectivity index (χ4n) is 5.46. The molecule has 36 heavy (non-hydrogen) atoms. The van der Waals surface area contributed by atoms with Crippen LogP contribution in [0.1, 0.15) is 42.3 Å². The van der Waals surface area contributed by atoms with E-state index in [9.17, 15) is 9.18 Å². The summed E-state index contributed by atoms with van der Waals surface area (Å²) >= 11 is 0. The van der Waals surface area contributed by atoms with E-state index < -0.39 is 0 Å². The number of nitrogens with one attached hydrogen (secondary N) is 1. The van der Waals surface area contributed by atoms with Gasteiger partial charge in [-0.3, -0.25) is 0 Å². The van der Waals surface area contributed by atoms with Crippen LogP contribution in [0, 0.1) is 12.7 Å². The Labute approximate surface area is 209 Å². The number of rotatable bonds is 2. The SMILES string of the molecule is Cc1nc2ccc(-c3ccc4c(c3)CN(C(=O)N3CCCCC3c3ccccc3F)CCO4)cc2[nH]1. The first-order chi connectivity index (χ1) is 17.6. The van der Waals surface area contributed by atoms with Gasteiger partial charge >= 0.3 is 6.03 Å². The van der Waals surface area contributed by atoms with Crippen LogP contribution in [0.15, 0.2) is 60.7 Å². The van der Waals surface area contributed by atoms with Gasteiger partial charge in [0.05, 0.1) is 30.2 Å². The van der Waals surface area contributed by atoms with Crippen molar-refractivity contribution in [3.05, 3.63) is 83.4 Å². The summed E-state index contributed by atoms with van der Waals surface area (Å²) in [6.07, 6.45) is 2.68. The first kappa shape index (κ1) is 22.6. The maximum absolute atomic E-state index is 14.6. The zero-order valence-corrected chi connectivity index (χ0v) is 20.3. The summed E-state index contributed by atoms with van der Waals surface area (Å²) in [5.74, 6) is 1.44. The maximum atomic E-state index is 14.6. The second-order valence-electron chi connectivity index (χ2n) is 9.66. The van der Waals surface area contributed by atoms with Gasteiger partial charge < -0.3 is 19.5 Å². The largest absolute Gasteiger partial charge is 0.491 e. The molecule has 1 N–H and O–H groups in total. The number of carbonyl (C=O) groups excluding carboxylic acids is 1. The molecule has 2 aliphatic rings. The molecule has 6 nitrogen and oxygen atoms in total. The molecule has 1 fully saturated rings.